The van der Waals surface area contributed by atoms with Crippen LogP contribution in [0.3, 0.4) is 0 Å². The Morgan fingerprint density at radius 2 is 2.31 bits per heavy atom. The molecule has 1 saturated heterocycles. The molecule has 0 radical (unpaired) electrons. The number of hydrogen-bond acceptors (Lipinski definition) is 2. The van der Waals surface area contributed by atoms with Crippen LogP contribution in [0.5, 0.6) is 0 Å². The van der Waals surface area contributed by atoms with E-state index in [1.807, 2.05) is 29.2 Å². The largest absolute Gasteiger partial charge is 0.338 e. The summed E-state index contributed by atoms with van der Waals surface area (Å²) in [6.07, 6.45) is 0.602. The number of carbonyl (C=O) groups is 1. The zero-order chi connectivity index (χ0) is 11.5. The molecule has 0 saturated carbocycles. The van der Waals surface area contributed by atoms with Gasteiger partial charge in [0.25, 0.3) is 0 Å². The van der Waals surface area contributed by atoms with Crippen LogP contribution in [-0.2, 0) is 11.3 Å². The van der Waals surface area contributed by atoms with Crippen molar-refractivity contribution in [2.75, 3.05) is 13.1 Å². The highest BCUT2D eigenvalue weighted by atomic mass is 79.9. The number of benzene rings is 1. The quantitative estimate of drug-likeness (QED) is 0.918. The molecule has 1 aromatic carbocycles. The molecule has 1 atom stereocenters. The summed E-state index contributed by atoms with van der Waals surface area (Å²) in [5, 5.41) is 0. The molecule has 1 aliphatic heterocycles. The number of likely N-dealkylation sites (tertiary alicyclic amines) is 1. The van der Waals surface area contributed by atoms with Crippen molar-refractivity contribution in [3.63, 3.8) is 0 Å². The van der Waals surface area contributed by atoms with Gasteiger partial charge in [-0.05, 0) is 30.2 Å². The van der Waals surface area contributed by atoms with Crippen molar-refractivity contribution in [1.82, 2.24) is 4.90 Å². The molecule has 4 heteroatoms. The van der Waals surface area contributed by atoms with Gasteiger partial charge in [-0.25, -0.2) is 0 Å². The highest BCUT2D eigenvalue weighted by Gasteiger charge is 2.28. The molecule has 0 aliphatic carbocycles. The zero-order valence-corrected chi connectivity index (χ0v) is 10.6. The fourth-order valence-corrected chi connectivity index (χ4v) is 2.47. The van der Waals surface area contributed by atoms with E-state index in [4.69, 9.17) is 5.73 Å². The molecule has 16 heavy (non-hydrogen) atoms. The molecule has 2 N–H and O–H groups in total. The molecule has 2 rings (SSSR count). The molecule has 1 amide bonds. The van der Waals surface area contributed by atoms with Crippen molar-refractivity contribution in [1.29, 1.82) is 0 Å². The molecule has 86 valence electrons. The zero-order valence-electron chi connectivity index (χ0n) is 9.03. The van der Waals surface area contributed by atoms with Crippen molar-refractivity contribution in [2.45, 2.75) is 13.0 Å². The summed E-state index contributed by atoms with van der Waals surface area (Å²) in [4.78, 5) is 13.6. The Kier molecular flexibility index (Phi) is 3.61. The molecular formula is C12H15BrN2O. The number of carbonyl (C=O) groups excluding carboxylic acids is 1. The second-order valence-electron chi connectivity index (χ2n) is 4.21. The third-order valence-corrected chi connectivity index (χ3v) is 3.38. The van der Waals surface area contributed by atoms with Crippen LogP contribution in [0.2, 0.25) is 0 Å². The average molecular weight is 283 g/mol. The van der Waals surface area contributed by atoms with Crippen LogP contribution in [-0.4, -0.2) is 23.9 Å². The van der Waals surface area contributed by atoms with E-state index in [2.05, 4.69) is 15.9 Å². The average Bonchev–Trinajstić information content (AvgIpc) is 2.60. The van der Waals surface area contributed by atoms with Crippen LogP contribution in [0.15, 0.2) is 28.7 Å². The van der Waals surface area contributed by atoms with Crippen LogP contribution < -0.4 is 5.73 Å². The lowest BCUT2D eigenvalue weighted by atomic mass is 10.1. The first kappa shape index (κ1) is 11.6. The van der Waals surface area contributed by atoms with Crippen molar-refractivity contribution in [2.24, 2.45) is 11.7 Å². The first-order valence-corrected chi connectivity index (χ1v) is 6.20. The Bertz CT molecular complexity index is 394. The van der Waals surface area contributed by atoms with E-state index in [0.717, 1.165) is 16.6 Å². The van der Waals surface area contributed by atoms with Gasteiger partial charge in [0.15, 0.2) is 0 Å². The van der Waals surface area contributed by atoms with Crippen LogP contribution in [0.25, 0.3) is 0 Å². The van der Waals surface area contributed by atoms with E-state index in [9.17, 15) is 4.79 Å². The molecule has 1 aromatic rings. The van der Waals surface area contributed by atoms with E-state index in [-0.39, 0.29) is 5.91 Å². The predicted octanol–water partition coefficient (Wildman–Crippen LogP) is 1.76. The minimum Gasteiger partial charge on any atom is -0.338 e. The molecular weight excluding hydrogens is 268 g/mol. The number of amides is 1. The van der Waals surface area contributed by atoms with Gasteiger partial charge in [-0.3, -0.25) is 4.79 Å². The number of nitrogens with zero attached hydrogens (tertiary/aromatic N) is 1. The summed E-state index contributed by atoms with van der Waals surface area (Å²) in [5.41, 5.74) is 6.74. The normalized spacial score (nSPS) is 20.5. The smallest absolute Gasteiger partial charge is 0.223 e. The van der Waals surface area contributed by atoms with Gasteiger partial charge in [-0.1, -0.05) is 28.1 Å². The molecule has 1 heterocycles. The highest BCUT2D eigenvalue weighted by Crippen LogP contribution is 2.20. The molecule has 0 bridgehead atoms. The molecule has 0 spiro atoms. The maximum absolute atomic E-state index is 11.7. The summed E-state index contributed by atoms with van der Waals surface area (Å²) in [7, 11) is 0. The van der Waals surface area contributed by atoms with Gasteiger partial charge in [0.2, 0.25) is 5.91 Å². The van der Waals surface area contributed by atoms with Crippen LogP contribution in [0.4, 0.5) is 0 Å². The van der Waals surface area contributed by atoms with Gasteiger partial charge >= 0.3 is 0 Å². The summed E-state index contributed by atoms with van der Waals surface area (Å²) in [5.74, 6) is 0.551. The van der Waals surface area contributed by atoms with E-state index in [1.165, 1.54) is 0 Å². The number of halogens is 1. The summed E-state index contributed by atoms with van der Waals surface area (Å²) in [6, 6.07) is 8.05. The monoisotopic (exact) mass is 282 g/mol. The minimum atomic E-state index is 0.218. The summed E-state index contributed by atoms with van der Waals surface area (Å²) in [6.45, 7) is 2.08. The van der Waals surface area contributed by atoms with Crippen molar-refractivity contribution < 1.29 is 4.79 Å². The van der Waals surface area contributed by atoms with Crippen molar-refractivity contribution >= 4 is 21.8 Å². The van der Waals surface area contributed by atoms with E-state index in [1.54, 1.807) is 0 Å². The fraction of sp³-hybridized carbons (Fsp3) is 0.417. The Hall–Kier alpha value is -0.870. The third-order valence-electron chi connectivity index (χ3n) is 2.89. The van der Waals surface area contributed by atoms with Gasteiger partial charge in [-0.2, -0.15) is 0 Å². The van der Waals surface area contributed by atoms with Gasteiger partial charge in [0.05, 0.1) is 0 Å². The first-order valence-electron chi connectivity index (χ1n) is 5.41. The molecule has 3 nitrogen and oxygen atoms in total. The van der Waals surface area contributed by atoms with E-state index >= 15 is 0 Å². The SMILES string of the molecule is NCC1CC(=O)N(Cc2cccc(Br)c2)C1. The Balaban J connectivity index is 2.03. The standard InChI is InChI=1S/C12H15BrN2O/c13-11-3-1-2-9(4-11)7-15-8-10(6-14)5-12(15)16/h1-4,10H,5-8,14H2. The van der Waals surface area contributed by atoms with Gasteiger partial charge in [-0.15, -0.1) is 0 Å². The summed E-state index contributed by atoms with van der Waals surface area (Å²) >= 11 is 3.43. The predicted molar refractivity (Wildman–Crippen MR) is 66.7 cm³/mol. The maximum Gasteiger partial charge on any atom is 0.223 e. The van der Waals surface area contributed by atoms with Crippen LogP contribution >= 0.6 is 15.9 Å². The highest BCUT2D eigenvalue weighted by molar-refractivity contribution is 9.10. The summed E-state index contributed by atoms with van der Waals surface area (Å²) < 4.78 is 1.05. The fourth-order valence-electron chi connectivity index (χ4n) is 2.02. The van der Waals surface area contributed by atoms with Gasteiger partial charge in [0, 0.05) is 24.0 Å². The van der Waals surface area contributed by atoms with Crippen molar-refractivity contribution in [3.8, 4) is 0 Å². The maximum atomic E-state index is 11.7. The molecule has 0 aromatic heterocycles. The Morgan fingerprint density at radius 1 is 1.50 bits per heavy atom. The van der Waals surface area contributed by atoms with E-state index < -0.39 is 0 Å². The third kappa shape index (κ3) is 2.62. The Labute approximate surface area is 104 Å². The van der Waals surface area contributed by atoms with Crippen LogP contribution in [0, 0.1) is 5.92 Å². The lowest BCUT2D eigenvalue weighted by Crippen LogP contribution is -2.25. The lowest BCUT2D eigenvalue weighted by Gasteiger charge is -2.16. The first-order chi connectivity index (χ1) is 7.69. The molecule has 1 aliphatic rings. The molecule has 1 fully saturated rings. The van der Waals surface area contributed by atoms with E-state index in [0.29, 0.717) is 25.4 Å². The topological polar surface area (TPSA) is 46.3 Å². The lowest BCUT2D eigenvalue weighted by molar-refractivity contribution is -0.128. The molecule has 1 unspecified atom stereocenters. The van der Waals surface area contributed by atoms with Gasteiger partial charge < -0.3 is 10.6 Å². The van der Waals surface area contributed by atoms with Gasteiger partial charge in [0.1, 0.15) is 0 Å². The number of rotatable bonds is 3. The minimum absolute atomic E-state index is 0.218. The van der Waals surface area contributed by atoms with Crippen LogP contribution in [0.1, 0.15) is 12.0 Å². The number of hydrogen-bond donors (Lipinski definition) is 1. The second kappa shape index (κ2) is 4.97. The Morgan fingerprint density at radius 3 is 2.94 bits per heavy atom. The van der Waals surface area contributed by atoms with Crippen molar-refractivity contribution in [3.05, 3.63) is 34.3 Å². The second-order valence-corrected chi connectivity index (χ2v) is 5.13. The number of nitrogens with two attached hydrogens (primary N) is 1.